The van der Waals surface area contributed by atoms with Crippen LogP contribution >= 0.6 is 69.6 Å². The molecule has 4 unspecified atom stereocenters. The summed E-state index contributed by atoms with van der Waals surface area (Å²) in [5.41, 5.74) is 0. The largest absolute Gasteiger partial charge is 0.282 e. The first kappa shape index (κ1) is 22.3. The zero-order chi connectivity index (χ0) is 20.2. The number of allylic oxidation sites excluding steroid dienone is 2. The second-order valence-electron chi connectivity index (χ2n) is 7.90. The predicted molar refractivity (Wildman–Crippen MR) is 112 cm³/mol. The summed E-state index contributed by atoms with van der Waals surface area (Å²) in [6, 6.07) is 0. The molecule has 1 saturated heterocycles. The third-order valence-corrected chi connectivity index (χ3v) is 8.65. The predicted octanol–water partition coefficient (Wildman–Crippen LogP) is 6.18. The van der Waals surface area contributed by atoms with Crippen molar-refractivity contribution in [2.45, 2.75) is 66.0 Å². The van der Waals surface area contributed by atoms with Gasteiger partial charge in [0.05, 0.1) is 31.6 Å². The number of alkyl halides is 4. The van der Waals surface area contributed by atoms with Crippen LogP contribution in [0.3, 0.4) is 0 Å². The van der Waals surface area contributed by atoms with E-state index in [9.17, 15) is 9.59 Å². The summed E-state index contributed by atoms with van der Waals surface area (Å²) in [6.07, 6.45) is 5.54. The molecule has 2 aliphatic carbocycles. The third-order valence-electron chi connectivity index (χ3n) is 5.82. The van der Waals surface area contributed by atoms with Crippen LogP contribution in [0.2, 0.25) is 0 Å². The van der Waals surface area contributed by atoms with Crippen LogP contribution in [0, 0.1) is 11.8 Å². The Morgan fingerprint density at radius 3 is 1.85 bits per heavy atom. The molecule has 3 rings (SSSR count). The lowest BCUT2D eigenvalue weighted by Gasteiger charge is -2.29. The summed E-state index contributed by atoms with van der Waals surface area (Å²) in [6.45, 7) is 2.15. The summed E-state index contributed by atoms with van der Waals surface area (Å²) in [5.74, 6) is -2.04. The smallest absolute Gasteiger partial charge is 0.235 e. The Morgan fingerprint density at radius 2 is 1.37 bits per heavy atom. The fourth-order valence-corrected chi connectivity index (χ4v) is 6.68. The van der Waals surface area contributed by atoms with Gasteiger partial charge in [0.15, 0.2) is 0 Å². The lowest BCUT2D eigenvalue weighted by molar-refractivity contribution is -0.140. The van der Waals surface area contributed by atoms with E-state index in [1.54, 1.807) is 6.92 Å². The molecule has 0 aromatic heterocycles. The first-order chi connectivity index (χ1) is 12.4. The number of likely N-dealkylation sites (tertiary alicyclic amines) is 1. The van der Waals surface area contributed by atoms with Crippen LogP contribution in [0.5, 0.6) is 0 Å². The van der Waals surface area contributed by atoms with Gasteiger partial charge in [0.2, 0.25) is 11.8 Å². The van der Waals surface area contributed by atoms with E-state index in [-0.39, 0.29) is 28.3 Å². The molecule has 0 radical (unpaired) electrons. The van der Waals surface area contributed by atoms with Crippen LogP contribution in [0.1, 0.15) is 51.9 Å². The molecule has 0 spiro atoms. The van der Waals surface area contributed by atoms with Gasteiger partial charge in [-0.15, -0.1) is 46.4 Å². The van der Waals surface area contributed by atoms with Crippen molar-refractivity contribution in [3.05, 3.63) is 10.1 Å². The molecule has 0 aromatic carbocycles. The van der Waals surface area contributed by atoms with Crippen molar-refractivity contribution < 1.29 is 9.59 Å². The average molecular weight is 496 g/mol. The normalized spacial score (nSPS) is 35.6. The first-order valence-corrected chi connectivity index (χ1v) is 11.4. The number of carbonyl (C=O) groups excluding carboxylic acids is 2. The number of rotatable bonds is 8. The van der Waals surface area contributed by atoms with Crippen molar-refractivity contribution in [3.63, 3.8) is 0 Å². The second kappa shape index (κ2) is 7.71. The molecule has 3 aliphatic rings. The van der Waals surface area contributed by atoms with E-state index < -0.39 is 25.9 Å². The third kappa shape index (κ3) is 3.75. The monoisotopic (exact) mass is 493 g/mol. The van der Waals surface area contributed by atoms with Crippen molar-refractivity contribution in [3.8, 4) is 0 Å². The Bertz CT molecular complexity index is 648. The molecule has 0 aromatic rings. The summed E-state index contributed by atoms with van der Waals surface area (Å²) in [7, 11) is 0. The van der Waals surface area contributed by atoms with Crippen LogP contribution in [-0.2, 0) is 9.59 Å². The quantitative estimate of drug-likeness (QED) is 0.229. The van der Waals surface area contributed by atoms with Crippen LogP contribution in [-0.4, -0.2) is 37.3 Å². The molecule has 27 heavy (non-hydrogen) atoms. The fourth-order valence-electron chi connectivity index (χ4n) is 4.49. The Morgan fingerprint density at radius 1 is 0.926 bits per heavy atom. The van der Waals surface area contributed by atoms with Crippen molar-refractivity contribution in [1.82, 2.24) is 4.90 Å². The molecule has 4 atom stereocenters. The number of hydrogen-bond acceptors (Lipinski definition) is 2. The minimum atomic E-state index is -1.16. The number of hydrogen-bond donors (Lipinski definition) is 0. The highest BCUT2D eigenvalue weighted by molar-refractivity contribution is 6.52. The van der Waals surface area contributed by atoms with E-state index in [0.717, 1.165) is 38.5 Å². The second-order valence-corrected chi connectivity index (χ2v) is 11.9. The van der Waals surface area contributed by atoms with Gasteiger partial charge in [-0.3, -0.25) is 14.5 Å². The molecule has 0 N–H and O–H groups in total. The maximum absolute atomic E-state index is 12.9. The summed E-state index contributed by atoms with van der Waals surface area (Å²) < 4.78 is -0.683. The van der Waals surface area contributed by atoms with E-state index in [2.05, 4.69) is 0 Å². The number of unbranched alkanes of at least 4 members (excludes halogenated alkanes) is 4. The molecule has 2 bridgehead atoms. The number of imide groups is 1. The van der Waals surface area contributed by atoms with Gasteiger partial charge in [0.1, 0.15) is 4.33 Å². The van der Waals surface area contributed by atoms with Gasteiger partial charge in [0.25, 0.3) is 0 Å². The summed E-state index contributed by atoms with van der Waals surface area (Å²) in [4.78, 5) is 24.7. The number of carbonyl (C=O) groups is 2. The SMILES string of the molecule is CC(Cl)(Cl)CCCCCCCN1C(=O)C2C(C1=O)C1(Cl)CC2(Cl)C(Cl)=C1Cl. The van der Waals surface area contributed by atoms with Crippen molar-refractivity contribution in [2.75, 3.05) is 6.54 Å². The molecule has 2 amide bonds. The molecule has 2 fully saturated rings. The maximum atomic E-state index is 12.9. The van der Waals surface area contributed by atoms with Gasteiger partial charge >= 0.3 is 0 Å². The molecule has 1 saturated carbocycles. The summed E-state index contributed by atoms with van der Waals surface area (Å²) in [5, 5.41) is 0.409. The zero-order valence-electron chi connectivity index (χ0n) is 14.8. The van der Waals surface area contributed by atoms with Crippen molar-refractivity contribution in [1.29, 1.82) is 0 Å². The Hall–Kier alpha value is 0.620. The zero-order valence-corrected chi connectivity index (χ0v) is 19.4. The van der Waals surface area contributed by atoms with E-state index in [1.165, 1.54) is 4.90 Å². The number of amides is 2. The number of halogens is 6. The van der Waals surface area contributed by atoms with Gasteiger partial charge in [-0.25, -0.2) is 0 Å². The van der Waals surface area contributed by atoms with Crippen molar-refractivity contribution >= 4 is 81.4 Å². The van der Waals surface area contributed by atoms with Gasteiger partial charge in [0, 0.05) is 6.54 Å². The lowest BCUT2D eigenvalue weighted by Crippen LogP contribution is -2.38. The fraction of sp³-hybridized carbons (Fsp3) is 0.778. The van der Waals surface area contributed by atoms with E-state index >= 15 is 0 Å². The highest BCUT2D eigenvalue weighted by Gasteiger charge is 2.76. The molecular weight excluding hydrogens is 475 g/mol. The van der Waals surface area contributed by atoms with Gasteiger partial charge in [-0.1, -0.05) is 48.9 Å². The van der Waals surface area contributed by atoms with Gasteiger partial charge < -0.3 is 0 Å². The minimum absolute atomic E-state index is 0.204. The molecule has 152 valence electrons. The van der Waals surface area contributed by atoms with Gasteiger partial charge in [-0.05, 0) is 26.2 Å². The minimum Gasteiger partial charge on any atom is -0.282 e. The molecule has 1 heterocycles. The lowest BCUT2D eigenvalue weighted by atomic mass is 9.84. The maximum Gasteiger partial charge on any atom is 0.235 e. The number of nitrogens with zero attached hydrogens (tertiary/aromatic N) is 1. The Balaban J connectivity index is 1.54. The highest BCUT2D eigenvalue weighted by Crippen LogP contribution is 2.69. The standard InChI is InChI=1S/C18H21Cl6NO2/c1-16(21,22)7-5-3-2-4-6-8-25-14(26)10-11(15(25)27)18(24)9-17(10,23)12(19)13(18)20/h10-11H,2-9H2,1H3. The summed E-state index contributed by atoms with van der Waals surface area (Å²) >= 11 is 37.7. The molecule has 1 aliphatic heterocycles. The molecule has 3 nitrogen and oxygen atoms in total. The Labute approximate surface area is 189 Å². The van der Waals surface area contributed by atoms with E-state index in [0.29, 0.717) is 6.54 Å². The van der Waals surface area contributed by atoms with Crippen LogP contribution in [0.4, 0.5) is 0 Å². The van der Waals surface area contributed by atoms with E-state index in [4.69, 9.17) is 69.6 Å². The van der Waals surface area contributed by atoms with Crippen LogP contribution in [0.25, 0.3) is 0 Å². The molecule has 9 heteroatoms. The van der Waals surface area contributed by atoms with E-state index in [1.807, 2.05) is 0 Å². The average Bonchev–Trinajstić information content (AvgIpc) is 3.04. The number of fused-ring (bicyclic) bond motifs is 5. The van der Waals surface area contributed by atoms with Crippen LogP contribution < -0.4 is 0 Å². The first-order valence-electron chi connectivity index (χ1n) is 9.10. The topological polar surface area (TPSA) is 37.4 Å². The van der Waals surface area contributed by atoms with Crippen molar-refractivity contribution in [2.24, 2.45) is 11.8 Å². The van der Waals surface area contributed by atoms with Crippen LogP contribution in [0.15, 0.2) is 10.1 Å². The van der Waals surface area contributed by atoms with Gasteiger partial charge in [-0.2, -0.15) is 0 Å². The molecular formula is C18H21Cl6NO2. The highest BCUT2D eigenvalue weighted by atomic mass is 35.5. The Kier molecular flexibility index (Phi) is 6.37.